The zero-order valence-corrected chi connectivity index (χ0v) is 14.3. The van der Waals surface area contributed by atoms with E-state index in [0.29, 0.717) is 23.2 Å². The van der Waals surface area contributed by atoms with E-state index in [1.165, 1.54) is 0 Å². The molecule has 0 bridgehead atoms. The number of amides is 1. The highest BCUT2D eigenvalue weighted by molar-refractivity contribution is 6.34. The molecule has 1 aliphatic heterocycles. The first-order chi connectivity index (χ1) is 10.5. The molecule has 1 saturated heterocycles. The van der Waals surface area contributed by atoms with Gasteiger partial charge in [-0.05, 0) is 38.8 Å². The first-order valence-corrected chi connectivity index (χ1v) is 8.25. The van der Waals surface area contributed by atoms with Gasteiger partial charge in [0.25, 0.3) is 5.91 Å². The summed E-state index contributed by atoms with van der Waals surface area (Å²) in [5, 5.41) is 3.46. The molecular formula is C17H25ClN2O2. The summed E-state index contributed by atoms with van der Waals surface area (Å²) in [6.07, 6.45) is 1.00. The Kier molecular flexibility index (Phi) is 6.24. The van der Waals surface area contributed by atoms with Crippen molar-refractivity contribution < 1.29 is 9.53 Å². The number of morpholine rings is 1. The van der Waals surface area contributed by atoms with Crippen molar-refractivity contribution in [3.8, 4) is 0 Å². The second-order valence-corrected chi connectivity index (χ2v) is 6.44. The van der Waals surface area contributed by atoms with Gasteiger partial charge in [0, 0.05) is 25.7 Å². The van der Waals surface area contributed by atoms with E-state index in [2.05, 4.69) is 24.1 Å². The van der Waals surface area contributed by atoms with Crippen LogP contribution in [0.2, 0.25) is 5.02 Å². The van der Waals surface area contributed by atoms with Crippen molar-refractivity contribution in [1.29, 1.82) is 0 Å². The van der Waals surface area contributed by atoms with Crippen LogP contribution in [0.1, 0.15) is 36.2 Å². The average molecular weight is 325 g/mol. The van der Waals surface area contributed by atoms with Crippen molar-refractivity contribution >= 4 is 17.5 Å². The molecule has 0 spiro atoms. The van der Waals surface area contributed by atoms with Gasteiger partial charge in [0.05, 0.1) is 23.3 Å². The molecule has 122 valence electrons. The third kappa shape index (κ3) is 4.45. The Morgan fingerprint density at radius 1 is 1.50 bits per heavy atom. The SMILES string of the molecule is Cc1cccc(C(=O)NCC[C@H]2CN(C(C)C)CCO2)c1Cl. The molecule has 0 aliphatic carbocycles. The number of aryl methyl sites for hydroxylation is 1. The van der Waals surface area contributed by atoms with Crippen LogP contribution in [0, 0.1) is 6.92 Å². The fourth-order valence-corrected chi connectivity index (χ4v) is 2.86. The Morgan fingerprint density at radius 2 is 2.27 bits per heavy atom. The minimum absolute atomic E-state index is 0.120. The van der Waals surface area contributed by atoms with Crippen LogP contribution in [0.25, 0.3) is 0 Å². The highest BCUT2D eigenvalue weighted by atomic mass is 35.5. The molecule has 0 radical (unpaired) electrons. The van der Waals surface area contributed by atoms with Crippen LogP contribution in [0.3, 0.4) is 0 Å². The minimum atomic E-state index is -0.120. The molecule has 4 nitrogen and oxygen atoms in total. The van der Waals surface area contributed by atoms with E-state index < -0.39 is 0 Å². The topological polar surface area (TPSA) is 41.6 Å². The summed E-state index contributed by atoms with van der Waals surface area (Å²) in [6.45, 7) is 9.57. The Labute approximate surface area is 137 Å². The monoisotopic (exact) mass is 324 g/mol. The van der Waals surface area contributed by atoms with Crippen LogP contribution in [-0.2, 0) is 4.74 Å². The molecule has 0 aromatic heterocycles. The van der Waals surface area contributed by atoms with E-state index in [9.17, 15) is 4.79 Å². The molecule has 1 aromatic rings. The maximum absolute atomic E-state index is 12.2. The van der Waals surface area contributed by atoms with Gasteiger partial charge in [-0.3, -0.25) is 9.69 Å². The van der Waals surface area contributed by atoms with E-state index in [1.54, 1.807) is 6.07 Å². The van der Waals surface area contributed by atoms with Gasteiger partial charge >= 0.3 is 0 Å². The lowest BCUT2D eigenvalue weighted by molar-refractivity contribution is -0.0412. The second kappa shape index (κ2) is 7.95. The third-order valence-electron chi connectivity index (χ3n) is 4.09. The summed E-state index contributed by atoms with van der Waals surface area (Å²) in [6, 6.07) is 6.03. The van der Waals surface area contributed by atoms with Crippen molar-refractivity contribution in [2.75, 3.05) is 26.2 Å². The van der Waals surface area contributed by atoms with Crippen molar-refractivity contribution in [2.45, 2.75) is 39.3 Å². The fourth-order valence-electron chi connectivity index (χ4n) is 2.65. The van der Waals surface area contributed by atoms with Crippen LogP contribution in [0.5, 0.6) is 0 Å². The number of ether oxygens (including phenoxy) is 1. The van der Waals surface area contributed by atoms with Crippen molar-refractivity contribution in [2.24, 2.45) is 0 Å². The number of rotatable bonds is 5. The highest BCUT2D eigenvalue weighted by Crippen LogP contribution is 2.20. The van der Waals surface area contributed by atoms with Crippen LogP contribution < -0.4 is 5.32 Å². The third-order valence-corrected chi connectivity index (χ3v) is 4.59. The van der Waals surface area contributed by atoms with E-state index in [4.69, 9.17) is 16.3 Å². The normalized spacial score (nSPS) is 19.4. The predicted octanol–water partition coefficient (Wildman–Crippen LogP) is 2.88. The summed E-state index contributed by atoms with van der Waals surface area (Å²) in [5.74, 6) is -0.120. The van der Waals surface area contributed by atoms with Crippen LogP contribution in [-0.4, -0.2) is 49.2 Å². The van der Waals surface area contributed by atoms with E-state index in [0.717, 1.165) is 31.7 Å². The molecule has 1 aromatic carbocycles. The minimum Gasteiger partial charge on any atom is -0.375 e. The molecular weight excluding hydrogens is 300 g/mol. The lowest BCUT2D eigenvalue weighted by Gasteiger charge is -2.35. The van der Waals surface area contributed by atoms with Gasteiger partial charge in [0.15, 0.2) is 0 Å². The highest BCUT2D eigenvalue weighted by Gasteiger charge is 2.22. The number of hydrogen-bond donors (Lipinski definition) is 1. The van der Waals surface area contributed by atoms with Crippen LogP contribution in [0.4, 0.5) is 0 Å². The van der Waals surface area contributed by atoms with Crippen LogP contribution >= 0.6 is 11.6 Å². The predicted molar refractivity (Wildman–Crippen MR) is 89.6 cm³/mol. The molecule has 1 N–H and O–H groups in total. The zero-order chi connectivity index (χ0) is 16.1. The second-order valence-electron chi connectivity index (χ2n) is 6.06. The number of nitrogens with one attached hydrogen (secondary N) is 1. The number of benzene rings is 1. The Bertz CT molecular complexity index is 519. The van der Waals surface area contributed by atoms with Gasteiger partial charge in [-0.25, -0.2) is 0 Å². The quantitative estimate of drug-likeness (QED) is 0.905. The number of carbonyl (C=O) groups excluding carboxylic acids is 1. The Hall–Kier alpha value is -1.10. The number of carbonyl (C=O) groups is 1. The lowest BCUT2D eigenvalue weighted by Crippen LogP contribution is -2.46. The molecule has 22 heavy (non-hydrogen) atoms. The van der Waals surface area contributed by atoms with Gasteiger partial charge in [-0.15, -0.1) is 0 Å². The lowest BCUT2D eigenvalue weighted by atomic mass is 10.1. The number of nitrogens with zero attached hydrogens (tertiary/aromatic N) is 1. The molecule has 2 rings (SSSR count). The summed E-state index contributed by atoms with van der Waals surface area (Å²) in [4.78, 5) is 14.6. The molecule has 1 atom stereocenters. The maximum Gasteiger partial charge on any atom is 0.252 e. The molecule has 5 heteroatoms. The maximum atomic E-state index is 12.2. The summed E-state index contributed by atoms with van der Waals surface area (Å²) in [5.41, 5.74) is 1.45. The Morgan fingerprint density at radius 3 is 3.00 bits per heavy atom. The largest absolute Gasteiger partial charge is 0.375 e. The van der Waals surface area contributed by atoms with E-state index >= 15 is 0 Å². The first-order valence-electron chi connectivity index (χ1n) is 7.88. The fraction of sp³-hybridized carbons (Fsp3) is 0.588. The number of halogens is 1. The van der Waals surface area contributed by atoms with Crippen molar-refractivity contribution in [3.63, 3.8) is 0 Å². The van der Waals surface area contributed by atoms with E-state index in [-0.39, 0.29) is 12.0 Å². The van der Waals surface area contributed by atoms with Crippen molar-refractivity contribution in [3.05, 3.63) is 34.3 Å². The summed E-state index contributed by atoms with van der Waals surface area (Å²) >= 11 is 6.18. The molecule has 1 heterocycles. The molecule has 1 aliphatic rings. The van der Waals surface area contributed by atoms with Gasteiger partial charge < -0.3 is 10.1 Å². The standard InChI is InChI=1S/C17H25ClN2O2/c1-12(2)20-9-10-22-14(11-20)7-8-19-17(21)15-6-4-5-13(3)16(15)18/h4-6,12,14H,7-11H2,1-3H3,(H,19,21)/t14-/m0/s1. The van der Waals surface area contributed by atoms with E-state index in [1.807, 2.05) is 19.1 Å². The summed E-state index contributed by atoms with van der Waals surface area (Å²) in [7, 11) is 0. The Balaban J connectivity index is 1.81. The molecule has 0 unspecified atom stereocenters. The van der Waals surface area contributed by atoms with Crippen molar-refractivity contribution in [1.82, 2.24) is 10.2 Å². The summed E-state index contributed by atoms with van der Waals surface area (Å²) < 4.78 is 5.77. The van der Waals surface area contributed by atoms with Gasteiger partial charge in [-0.2, -0.15) is 0 Å². The molecule has 1 amide bonds. The van der Waals surface area contributed by atoms with Gasteiger partial charge in [-0.1, -0.05) is 23.7 Å². The van der Waals surface area contributed by atoms with Gasteiger partial charge in [0.2, 0.25) is 0 Å². The smallest absolute Gasteiger partial charge is 0.252 e. The van der Waals surface area contributed by atoms with Crippen LogP contribution in [0.15, 0.2) is 18.2 Å². The number of hydrogen-bond acceptors (Lipinski definition) is 3. The zero-order valence-electron chi connectivity index (χ0n) is 13.6. The first kappa shape index (κ1) is 17.3. The average Bonchev–Trinajstić information content (AvgIpc) is 2.50. The molecule has 0 saturated carbocycles. The molecule has 1 fully saturated rings. The van der Waals surface area contributed by atoms with Gasteiger partial charge in [0.1, 0.15) is 0 Å².